The lowest BCUT2D eigenvalue weighted by Gasteiger charge is -2.29. The van der Waals surface area contributed by atoms with Crippen molar-refractivity contribution in [3.63, 3.8) is 0 Å². The molecule has 1 aromatic rings. The zero-order valence-corrected chi connectivity index (χ0v) is 11.2. The van der Waals surface area contributed by atoms with Crippen LogP contribution < -0.4 is 5.73 Å². The maximum atomic E-state index is 12.1. The number of rotatable bonds is 3. The maximum absolute atomic E-state index is 12.1. The molecule has 1 fully saturated rings. The number of amides is 1. The quantitative estimate of drug-likeness (QED) is 0.912. The molecule has 0 saturated carbocycles. The first-order valence-electron chi connectivity index (χ1n) is 6.45. The minimum atomic E-state index is -0.440. The fourth-order valence-corrected chi connectivity index (χ4v) is 2.44. The smallest absolute Gasteiger partial charge is 0.239 e. The van der Waals surface area contributed by atoms with Gasteiger partial charge in [-0.05, 0) is 43.4 Å². The van der Waals surface area contributed by atoms with Crippen LogP contribution in [0.2, 0.25) is 5.02 Å². The Labute approximate surface area is 113 Å². The van der Waals surface area contributed by atoms with Gasteiger partial charge in [0.2, 0.25) is 5.91 Å². The zero-order valence-electron chi connectivity index (χ0n) is 10.4. The van der Waals surface area contributed by atoms with Crippen LogP contribution in [0.4, 0.5) is 0 Å². The summed E-state index contributed by atoms with van der Waals surface area (Å²) in [6.07, 6.45) is 3.99. The Morgan fingerprint density at radius 1 is 1.22 bits per heavy atom. The third-order valence-electron chi connectivity index (χ3n) is 3.35. The highest BCUT2D eigenvalue weighted by molar-refractivity contribution is 6.30. The lowest BCUT2D eigenvalue weighted by Crippen LogP contribution is -2.46. The SMILES string of the molecule is NC(Cc1ccc(Cl)cc1)C(=O)N1CCCCC1. The molecule has 1 saturated heterocycles. The van der Waals surface area contributed by atoms with E-state index in [4.69, 9.17) is 17.3 Å². The number of carbonyl (C=O) groups is 1. The molecule has 3 nitrogen and oxygen atoms in total. The molecule has 18 heavy (non-hydrogen) atoms. The summed E-state index contributed by atoms with van der Waals surface area (Å²) in [5, 5.41) is 0.703. The van der Waals surface area contributed by atoms with Crippen LogP contribution in [-0.2, 0) is 11.2 Å². The van der Waals surface area contributed by atoms with Crippen molar-refractivity contribution >= 4 is 17.5 Å². The van der Waals surface area contributed by atoms with Crippen molar-refractivity contribution in [1.29, 1.82) is 0 Å². The fourth-order valence-electron chi connectivity index (χ4n) is 2.31. The molecule has 4 heteroatoms. The van der Waals surface area contributed by atoms with Crippen LogP contribution >= 0.6 is 11.6 Å². The monoisotopic (exact) mass is 266 g/mol. The van der Waals surface area contributed by atoms with Crippen molar-refractivity contribution in [1.82, 2.24) is 4.90 Å². The van der Waals surface area contributed by atoms with Gasteiger partial charge in [0.25, 0.3) is 0 Å². The second-order valence-corrected chi connectivity index (χ2v) is 5.26. The number of benzene rings is 1. The minimum absolute atomic E-state index is 0.0738. The summed E-state index contributed by atoms with van der Waals surface area (Å²) >= 11 is 5.83. The van der Waals surface area contributed by atoms with E-state index in [-0.39, 0.29) is 5.91 Å². The van der Waals surface area contributed by atoms with Crippen LogP contribution in [0.15, 0.2) is 24.3 Å². The number of nitrogens with two attached hydrogens (primary N) is 1. The summed E-state index contributed by atoms with van der Waals surface area (Å²) < 4.78 is 0. The van der Waals surface area contributed by atoms with E-state index < -0.39 is 6.04 Å². The number of hydrogen-bond donors (Lipinski definition) is 1. The number of carbonyl (C=O) groups excluding carboxylic acids is 1. The van der Waals surface area contributed by atoms with Crippen LogP contribution in [0.5, 0.6) is 0 Å². The van der Waals surface area contributed by atoms with Gasteiger partial charge in [-0.25, -0.2) is 0 Å². The molecule has 0 radical (unpaired) electrons. The van der Waals surface area contributed by atoms with E-state index in [1.54, 1.807) is 0 Å². The standard InChI is InChI=1S/C14H19ClN2O/c15-12-6-4-11(5-7-12)10-13(16)14(18)17-8-2-1-3-9-17/h4-7,13H,1-3,8-10,16H2. The van der Waals surface area contributed by atoms with E-state index in [1.165, 1.54) is 6.42 Å². The summed E-state index contributed by atoms with van der Waals surface area (Å²) in [5.41, 5.74) is 7.05. The first kappa shape index (κ1) is 13.4. The van der Waals surface area contributed by atoms with Crippen LogP contribution in [0.1, 0.15) is 24.8 Å². The van der Waals surface area contributed by atoms with Gasteiger partial charge in [-0.15, -0.1) is 0 Å². The molecule has 2 N–H and O–H groups in total. The molecule has 98 valence electrons. The van der Waals surface area contributed by atoms with Crippen LogP contribution in [-0.4, -0.2) is 29.9 Å². The molecular weight excluding hydrogens is 248 g/mol. The van der Waals surface area contributed by atoms with Crippen molar-refractivity contribution < 1.29 is 4.79 Å². The van der Waals surface area contributed by atoms with Gasteiger partial charge in [0.15, 0.2) is 0 Å². The fraction of sp³-hybridized carbons (Fsp3) is 0.500. The van der Waals surface area contributed by atoms with Gasteiger partial charge in [0, 0.05) is 18.1 Å². The van der Waals surface area contributed by atoms with E-state index in [0.717, 1.165) is 31.5 Å². The van der Waals surface area contributed by atoms with E-state index in [0.29, 0.717) is 11.4 Å². The van der Waals surface area contributed by atoms with Gasteiger partial charge < -0.3 is 10.6 Å². The predicted molar refractivity (Wildman–Crippen MR) is 73.6 cm³/mol. The second kappa shape index (κ2) is 6.21. The molecule has 1 atom stereocenters. The molecule has 1 heterocycles. The molecule has 1 aromatic carbocycles. The maximum Gasteiger partial charge on any atom is 0.239 e. The summed E-state index contributed by atoms with van der Waals surface area (Å²) in [7, 11) is 0. The Morgan fingerprint density at radius 3 is 2.44 bits per heavy atom. The average molecular weight is 267 g/mol. The lowest BCUT2D eigenvalue weighted by molar-refractivity contribution is -0.133. The normalized spacial score (nSPS) is 17.6. The van der Waals surface area contributed by atoms with Crippen molar-refractivity contribution in [2.75, 3.05) is 13.1 Å². The summed E-state index contributed by atoms with van der Waals surface area (Å²) in [6.45, 7) is 1.71. The van der Waals surface area contributed by atoms with E-state index in [1.807, 2.05) is 29.2 Å². The first-order chi connectivity index (χ1) is 8.66. The molecule has 1 aliphatic rings. The lowest BCUT2D eigenvalue weighted by atomic mass is 10.0. The second-order valence-electron chi connectivity index (χ2n) is 4.82. The Balaban J connectivity index is 1.92. The third-order valence-corrected chi connectivity index (χ3v) is 3.61. The van der Waals surface area contributed by atoms with Gasteiger partial charge in [-0.1, -0.05) is 23.7 Å². The predicted octanol–water partition coefficient (Wildman–Crippen LogP) is 2.22. The Morgan fingerprint density at radius 2 is 1.83 bits per heavy atom. The molecule has 2 rings (SSSR count). The van der Waals surface area contributed by atoms with Gasteiger partial charge >= 0.3 is 0 Å². The van der Waals surface area contributed by atoms with Crippen LogP contribution in [0.3, 0.4) is 0 Å². The van der Waals surface area contributed by atoms with Crippen molar-refractivity contribution in [3.05, 3.63) is 34.9 Å². The molecule has 1 aliphatic heterocycles. The third kappa shape index (κ3) is 3.47. The molecular formula is C14H19ClN2O. The molecule has 0 aliphatic carbocycles. The van der Waals surface area contributed by atoms with Gasteiger partial charge in [-0.3, -0.25) is 4.79 Å². The topological polar surface area (TPSA) is 46.3 Å². The van der Waals surface area contributed by atoms with Crippen molar-refractivity contribution in [2.24, 2.45) is 5.73 Å². The number of piperidine rings is 1. The summed E-state index contributed by atoms with van der Waals surface area (Å²) in [4.78, 5) is 14.0. The number of nitrogens with zero attached hydrogens (tertiary/aromatic N) is 1. The molecule has 0 spiro atoms. The van der Waals surface area contributed by atoms with Crippen molar-refractivity contribution in [2.45, 2.75) is 31.7 Å². The Kier molecular flexibility index (Phi) is 4.61. The van der Waals surface area contributed by atoms with Crippen LogP contribution in [0, 0.1) is 0 Å². The van der Waals surface area contributed by atoms with E-state index in [2.05, 4.69) is 0 Å². The highest BCUT2D eigenvalue weighted by Gasteiger charge is 2.22. The molecule has 0 aromatic heterocycles. The van der Waals surface area contributed by atoms with E-state index in [9.17, 15) is 4.79 Å². The van der Waals surface area contributed by atoms with E-state index >= 15 is 0 Å². The minimum Gasteiger partial charge on any atom is -0.341 e. The highest BCUT2D eigenvalue weighted by Crippen LogP contribution is 2.13. The van der Waals surface area contributed by atoms with Gasteiger partial charge in [0.05, 0.1) is 6.04 Å². The average Bonchev–Trinajstić information content (AvgIpc) is 2.41. The van der Waals surface area contributed by atoms with Gasteiger partial charge in [-0.2, -0.15) is 0 Å². The van der Waals surface area contributed by atoms with Gasteiger partial charge in [0.1, 0.15) is 0 Å². The number of halogens is 1. The number of likely N-dealkylation sites (tertiary alicyclic amines) is 1. The molecule has 1 amide bonds. The Bertz CT molecular complexity index is 399. The largest absolute Gasteiger partial charge is 0.341 e. The highest BCUT2D eigenvalue weighted by atomic mass is 35.5. The van der Waals surface area contributed by atoms with Crippen molar-refractivity contribution in [3.8, 4) is 0 Å². The Hall–Kier alpha value is -1.06. The molecule has 0 bridgehead atoms. The first-order valence-corrected chi connectivity index (χ1v) is 6.83. The molecule has 1 unspecified atom stereocenters. The zero-order chi connectivity index (χ0) is 13.0. The van der Waals surface area contributed by atoms with Crippen LogP contribution in [0.25, 0.3) is 0 Å². The number of hydrogen-bond acceptors (Lipinski definition) is 2. The summed E-state index contributed by atoms with van der Waals surface area (Å²) in [6, 6.07) is 7.06. The summed E-state index contributed by atoms with van der Waals surface area (Å²) in [5.74, 6) is 0.0738.